The molecule has 3 aromatic heterocycles. The van der Waals surface area contributed by atoms with E-state index >= 15 is 0 Å². The number of nitriles is 1. The van der Waals surface area contributed by atoms with Crippen molar-refractivity contribution in [1.82, 2.24) is 19.4 Å². The van der Waals surface area contributed by atoms with Crippen LogP contribution in [0.2, 0.25) is 0 Å². The number of benzene rings is 1. The van der Waals surface area contributed by atoms with Crippen molar-refractivity contribution >= 4 is 22.8 Å². The van der Waals surface area contributed by atoms with Crippen molar-refractivity contribution in [2.24, 2.45) is 7.05 Å². The molecule has 0 spiro atoms. The number of rotatable bonds is 5. The number of pyridine rings is 1. The van der Waals surface area contributed by atoms with Crippen LogP contribution in [0.4, 0.5) is 11.4 Å². The number of carbonyl (C=O) groups excluding carboxylic acids is 1. The first-order valence-electron chi connectivity index (χ1n) is 10.2. The van der Waals surface area contributed by atoms with E-state index in [0.717, 1.165) is 41.1 Å². The molecule has 4 heterocycles. The Morgan fingerprint density at radius 3 is 2.62 bits per heavy atom. The van der Waals surface area contributed by atoms with Crippen molar-refractivity contribution in [3.05, 3.63) is 78.9 Å². The number of amides is 1. The molecule has 0 atom stereocenters. The number of carbonyl (C=O) groups is 1. The molecule has 5 rings (SSSR count). The van der Waals surface area contributed by atoms with Crippen LogP contribution in [0.15, 0.2) is 67.8 Å². The monoisotopic (exact) mass is 423 g/mol. The molecular weight excluding hydrogens is 402 g/mol. The normalized spacial score (nSPS) is 13.6. The van der Waals surface area contributed by atoms with Crippen LogP contribution >= 0.6 is 0 Å². The van der Waals surface area contributed by atoms with Crippen LogP contribution in [0.3, 0.4) is 0 Å². The summed E-state index contributed by atoms with van der Waals surface area (Å²) in [4.78, 5) is 13.7. The Morgan fingerprint density at radius 2 is 1.97 bits per heavy atom. The fourth-order valence-corrected chi connectivity index (χ4v) is 4.07. The van der Waals surface area contributed by atoms with Crippen LogP contribution in [0.25, 0.3) is 16.6 Å². The first kappa shape index (κ1) is 19.6. The summed E-state index contributed by atoms with van der Waals surface area (Å²) in [5.74, 6) is 0.147. The van der Waals surface area contributed by atoms with Gasteiger partial charge in [-0.25, -0.2) is 4.52 Å². The molecule has 4 aromatic rings. The highest BCUT2D eigenvalue weighted by atomic mass is 16.1. The van der Waals surface area contributed by atoms with E-state index in [2.05, 4.69) is 39.1 Å². The molecule has 1 amide bonds. The predicted molar refractivity (Wildman–Crippen MR) is 122 cm³/mol. The second-order valence-electron chi connectivity index (χ2n) is 7.90. The zero-order valence-corrected chi connectivity index (χ0v) is 17.6. The van der Waals surface area contributed by atoms with Gasteiger partial charge in [0, 0.05) is 55.3 Å². The number of hydrogen-bond acceptors (Lipinski definition) is 5. The molecule has 0 saturated carbocycles. The number of anilines is 2. The minimum absolute atomic E-state index is 0.223. The SMILES string of the molecule is C=CC(=O)Nc1ccc(C2CN(c3cc(-c4cnn(C)c4)cn4ncc(C#N)c34)C2)cc1. The number of aromatic nitrogens is 4. The molecule has 0 radical (unpaired) electrons. The summed E-state index contributed by atoms with van der Waals surface area (Å²) < 4.78 is 3.55. The standard InChI is InChI=1S/C24H21N7O/c1-3-23(32)28-21-6-4-16(5-7-21)20-13-30(14-20)22-8-17(19-11-26-29(2)12-19)15-31-24(22)18(9-25)10-27-31/h3-8,10-12,15,20H,1,13-14H2,2H3,(H,28,32). The smallest absolute Gasteiger partial charge is 0.247 e. The molecule has 1 aromatic carbocycles. The fourth-order valence-electron chi connectivity index (χ4n) is 4.07. The van der Waals surface area contributed by atoms with Crippen LogP contribution in [-0.4, -0.2) is 38.4 Å². The minimum atomic E-state index is -0.223. The van der Waals surface area contributed by atoms with E-state index in [0.29, 0.717) is 11.5 Å². The minimum Gasteiger partial charge on any atom is -0.368 e. The van der Waals surface area contributed by atoms with Gasteiger partial charge in [-0.3, -0.25) is 9.48 Å². The lowest BCUT2D eigenvalue weighted by Crippen LogP contribution is -2.45. The van der Waals surface area contributed by atoms with Gasteiger partial charge in [-0.15, -0.1) is 0 Å². The second kappa shape index (κ2) is 7.71. The maximum atomic E-state index is 11.5. The molecule has 158 valence electrons. The molecule has 32 heavy (non-hydrogen) atoms. The molecule has 1 fully saturated rings. The zero-order valence-electron chi connectivity index (χ0n) is 17.6. The van der Waals surface area contributed by atoms with E-state index in [4.69, 9.17) is 0 Å². The van der Waals surface area contributed by atoms with E-state index in [1.165, 1.54) is 11.6 Å². The average molecular weight is 423 g/mol. The Balaban J connectivity index is 1.42. The van der Waals surface area contributed by atoms with E-state index < -0.39 is 0 Å². The Hall–Kier alpha value is -4.38. The molecular formula is C24H21N7O. The lowest BCUT2D eigenvalue weighted by atomic mass is 9.90. The van der Waals surface area contributed by atoms with Gasteiger partial charge in [0.05, 0.1) is 23.6 Å². The van der Waals surface area contributed by atoms with Crippen molar-refractivity contribution in [2.45, 2.75) is 5.92 Å². The third kappa shape index (κ3) is 3.40. The summed E-state index contributed by atoms with van der Waals surface area (Å²) in [6, 6.07) is 12.3. The van der Waals surface area contributed by atoms with Gasteiger partial charge in [0.15, 0.2) is 0 Å². The van der Waals surface area contributed by atoms with Crippen LogP contribution in [0, 0.1) is 11.3 Å². The fraction of sp³-hybridized carbons (Fsp3) is 0.167. The predicted octanol–water partition coefficient (Wildman–Crippen LogP) is 3.33. The van der Waals surface area contributed by atoms with E-state index in [1.807, 2.05) is 49.9 Å². The van der Waals surface area contributed by atoms with E-state index in [-0.39, 0.29) is 5.91 Å². The molecule has 0 bridgehead atoms. The van der Waals surface area contributed by atoms with Crippen LogP contribution in [0.1, 0.15) is 17.0 Å². The lowest BCUT2D eigenvalue weighted by molar-refractivity contribution is -0.111. The third-order valence-electron chi connectivity index (χ3n) is 5.81. The quantitative estimate of drug-likeness (QED) is 0.497. The van der Waals surface area contributed by atoms with Gasteiger partial charge in [-0.1, -0.05) is 18.7 Å². The van der Waals surface area contributed by atoms with Gasteiger partial charge < -0.3 is 10.2 Å². The molecule has 8 nitrogen and oxygen atoms in total. The molecule has 1 N–H and O–H groups in total. The van der Waals surface area contributed by atoms with Crippen LogP contribution < -0.4 is 10.2 Å². The lowest BCUT2D eigenvalue weighted by Gasteiger charge is -2.42. The number of hydrogen-bond donors (Lipinski definition) is 1. The van der Waals surface area contributed by atoms with Crippen LogP contribution in [-0.2, 0) is 11.8 Å². The highest BCUT2D eigenvalue weighted by Crippen LogP contribution is 2.37. The van der Waals surface area contributed by atoms with Gasteiger partial charge in [-0.2, -0.15) is 15.5 Å². The second-order valence-corrected chi connectivity index (χ2v) is 7.90. The van der Waals surface area contributed by atoms with E-state index in [1.54, 1.807) is 15.4 Å². The largest absolute Gasteiger partial charge is 0.368 e. The van der Waals surface area contributed by atoms with Gasteiger partial charge in [0.2, 0.25) is 5.91 Å². The van der Waals surface area contributed by atoms with Gasteiger partial charge >= 0.3 is 0 Å². The summed E-state index contributed by atoms with van der Waals surface area (Å²) >= 11 is 0. The van der Waals surface area contributed by atoms with Crippen molar-refractivity contribution in [1.29, 1.82) is 5.26 Å². The van der Waals surface area contributed by atoms with Crippen molar-refractivity contribution in [3.8, 4) is 17.2 Å². The number of aryl methyl sites for hydroxylation is 1. The van der Waals surface area contributed by atoms with Crippen molar-refractivity contribution < 1.29 is 4.79 Å². The molecule has 1 saturated heterocycles. The van der Waals surface area contributed by atoms with Crippen LogP contribution in [0.5, 0.6) is 0 Å². The van der Waals surface area contributed by atoms with Gasteiger partial charge in [0.25, 0.3) is 0 Å². The number of fused-ring (bicyclic) bond motifs is 1. The zero-order chi connectivity index (χ0) is 22.2. The topological polar surface area (TPSA) is 91.2 Å². The Labute approximate surface area is 185 Å². The Morgan fingerprint density at radius 1 is 1.19 bits per heavy atom. The summed E-state index contributed by atoms with van der Waals surface area (Å²) in [5, 5.41) is 21.0. The maximum Gasteiger partial charge on any atom is 0.247 e. The van der Waals surface area contributed by atoms with Crippen molar-refractivity contribution in [3.63, 3.8) is 0 Å². The molecule has 0 aliphatic carbocycles. The summed E-state index contributed by atoms with van der Waals surface area (Å²) in [6.07, 6.45) is 8.59. The summed E-state index contributed by atoms with van der Waals surface area (Å²) in [5.41, 5.74) is 6.33. The number of nitrogens with zero attached hydrogens (tertiary/aromatic N) is 6. The van der Waals surface area contributed by atoms with E-state index in [9.17, 15) is 10.1 Å². The molecule has 1 aliphatic heterocycles. The van der Waals surface area contributed by atoms with Gasteiger partial charge in [0.1, 0.15) is 11.6 Å². The van der Waals surface area contributed by atoms with Crippen molar-refractivity contribution in [2.75, 3.05) is 23.3 Å². The molecule has 1 aliphatic rings. The Bertz CT molecular complexity index is 1370. The average Bonchev–Trinajstić information content (AvgIpc) is 3.39. The first-order valence-corrected chi connectivity index (χ1v) is 10.2. The first-order chi connectivity index (χ1) is 15.6. The number of nitrogens with one attached hydrogen (secondary N) is 1. The molecule has 0 unspecified atom stereocenters. The third-order valence-corrected chi connectivity index (χ3v) is 5.81. The molecule has 8 heteroatoms. The Kier molecular flexibility index (Phi) is 4.71. The van der Waals surface area contributed by atoms with Gasteiger partial charge in [-0.05, 0) is 29.8 Å². The summed E-state index contributed by atoms with van der Waals surface area (Å²) in [6.45, 7) is 5.14. The highest BCUT2D eigenvalue weighted by molar-refractivity contribution is 5.98. The highest BCUT2D eigenvalue weighted by Gasteiger charge is 2.30. The maximum absolute atomic E-state index is 11.5. The summed E-state index contributed by atoms with van der Waals surface area (Å²) in [7, 11) is 1.89.